The van der Waals surface area contributed by atoms with Gasteiger partial charge in [-0.15, -0.1) is 0 Å². The molecular formula is C11H16BrNO. The number of nitrogens with one attached hydrogen (secondary N) is 1. The van der Waals surface area contributed by atoms with Gasteiger partial charge >= 0.3 is 0 Å². The Morgan fingerprint density at radius 3 is 2.79 bits per heavy atom. The second-order valence-corrected chi connectivity index (χ2v) is 4.02. The van der Waals surface area contributed by atoms with Gasteiger partial charge in [0.2, 0.25) is 0 Å². The minimum Gasteiger partial charge on any atom is -0.488 e. The molecule has 1 N–H and O–H groups in total. The lowest BCUT2D eigenvalue weighted by Gasteiger charge is -2.15. The molecule has 0 heterocycles. The van der Waals surface area contributed by atoms with E-state index >= 15 is 0 Å². The number of benzene rings is 1. The fourth-order valence-electron chi connectivity index (χ4n) is 1.15. The molecule has 14 heavy (non-hydrogen) atoms. The Kier molecular flexibility index (Phi) is 4.98. The Morgan fingerprint density at radius 1 is 1.43 bits per heavy atom. The van der Waals surface area contributed by atoms with Gasteiger partial charge in [-0.25, -0.2) is 0 Å². The van der Waals surface area contributed by atoms with Gasteiger partial charge in [0.1, 0.15) is 11.9 Å². The molecule has 0 fully saturated rings. The van der Waals surface area contributed by atoms with Crippen LogP contribution in [0.5, 0.6) is 5.75 Å². The second kappa shape index (κ2) is 6.04. The second-order valence-electron chi connectivity index (χ2n) is 3.17. The van der Waals surface area contributed by atoms with E-state index < -0.39 is 0 Å². The van der Waals surface area contributed by atoms with Gasteiger partial charge in [-0.1, -0.05) is 19.1 Å². The van der Waals surface area contributed by atoms with E-state index in [2.05, 4.69) is 35.1 Å². The molecule has 0 aromatic heterocycles. The van der Waals surface area contributed by atoms with Crippen LogP contribution in [0, 0.1) is 0 Å². The summed E-state index contributed by atoms with van der Waals surface area (Å²) in [7, 11) is 0. The Labute approximate surface area is 93.8 Å². The summed E-state index contributed by atoms with van der Waals surface area (Å²) in [6, 6.07) is 7.90. The van der Waals surface area contributed by atoms with Crippen LogP contribution in [0.1, 0.15) is 13.8 Å². The molecule has 0 amide bonds. The number of hydrogen-bond donors (Lipinski definition) is 1. The first-order valence-corrected chi connectivity index (χ1v) is 5.65. The Balaban J connectivity index is 2.47. The SMILES string of the molecule is CCNCC(C)Oc1ccccc1Br. The topological polar surface area (TPSA) is 21.3 Å². The Morgan fingerprint density at radius 2 is 2.14 bits per heavy atom. The van der Waals surface area contributed by atoms with Crippen molar-refractivity contribution in [2.24, 2.45) is 0 Å². The van der Waals surface area contributed by atoms with Crippen molar-refractivity contribution in [2.75, 3.05) is 13.1 Å². The Hall–Kier alpha value is -0.540. The highest BCUT2D eigenvalue weighted by atomic mass is 79.9. The smallest absolute Gasteiger partial charge is 0.133 e. The summed E-state index contributed by atoms with van der Waals surface area (Å²) in [6.45, 7) is 5.99. The van der Waals surface area contributed by atoms with Gasteiger partial charge < -0.3 is 10.1 Å². The number of para-hydroxylation sites is 1. The van der Waals surface area contributed by atoms with Crippen molar-refractivity contribution in [2.45, 2.75) is 20.0 Å². The van der Waals surface area contributed by atoms with Crippen LogP contribution in [0.15, 0.2) is 28.7 Å². The number of rotatable bonds is 5. The molecule has 0 saturated carbocycles. The van der Waals surface area contributed by atoms with Crippen LogP contribution in [0.3, 0.4) is 0 Å². The van der Waals surface area contributed by atoms with Crippen LogP contribution >= 0.6 is 15.9 Å². The Bertz CT molecular complexity index is 278. The van der Waals surface area contributed by atoms with E-state index in [1.54, 1.807) is 0 Å². The summed E-state index contributed by atoms with van der Waals surface area (Å²) in [6.07, 6.45) is 0.189. The van der Waals surface area contributed by atoms with E-state index in [0.29, 0.717) is 0 Å². The van der Waals surface area contributed by atoms with Crippen molar-refractivity contribution in [3.8, 4) is 5.75 Å². The summed E-state index contributed by atoms with van der Waals surface area (Å²) in [4.78, 5) is 0. The highest BCUT2D eigenvalue weighted by molar-refractivity contribution is 9.10. The van der Waals surface area contributed by atoms with Gasteiger partial charge in [0.25, 0.3) is 0 Å². The number of hydrogen-bond acceptors (Lipinski definition) is 2. The third-order valence-corrected chi connectivity index (χ3v) is 2.50. The first-order valence-electron chi connectivity index (χ1n) is 4.86. The maximum Gasteiger partial charge on any atom is 0.133 e. The lowest BCUT2D eigenvalue weighted by Crippen LogP contribution is -2.28. The summed E-state index contributed by atoms with van der Waals surface area (Å²) in [5.74, 6) is 0.901. The zero-order valence-corrected chi connectivity index (χ0v) is 10.2. The molecule has 2 nitrogen and oxygen atoms in total. The molecule has 1 rings (SSSR count). The first kappa shape index (κ1) is 11.5. The lowest BCUT2D eigenvalue weighted by atomic mass is 10.3. The average molecular weight is 258 g/mol. The summed E-state index contributed by atoms with van der Waals surface area (Å²) in [5, 5.41) is 3.25. The number of halogens is 1. The third kappa shape index (κ3) is 3.68. The van der Waals surface area contributed by atoms with Crippen LogP contribution < -0.4 is 10.1 Å². The third-order valence-electron chi connectivity index (χ3n) is 1.85. The molecule has 0 aliphatic carbocycles. The summed E-state index contributed by atoms with van der Waals surface area (Å²) < 4.78 is 6.74. The van der Waals surface area contributed by atoms with Crippen molar-refractivity contribution in [3.05, 3.63) is 28.7 Å². The fourth-order valence-corrected chi connectivity index (χ4v) is 1.52. The van der Waals surface area contributed by atoms with Gasteiger partial charge in [-0.05, 0) is 41.5 Å². The van der Waals surface area contributed by atoms with Crippen LogP contribution in [0.2, 0.25) is 0 Å². The van der Waals surface area contributed by atoms with Crippen molar-refractivity contribution in [3.63, 3.8) is 0 Å². The maximum absolute atomic E-state index is 5.74. The summed E-state index contributed by atoms with van der Waals surface area (Å²) in [5.41, 5.74) is 0. The molecule has 0 bridgehead atoms. The molecule has 0 aliphatic heterocycles. The largest absolute Gasteiger partial charge is 0.488 e. The average Bonchev–Trinajstić information content (AvgIpc) is 2.18. The molecule has 0 saturated heterocycles. The standard InChI is InChI=1S/C11H16BrNO/c1-3-13-8-9(2)14-11-7-5-4-6-10(11)12/h4-7,9,13H,3,8H2,1-2H3. The minimum absolute atomic E-state index is 0.189. The molecule has 0 spiro atoms. The normalized spacial score (nSPS) is 12.5. The van der Waals surface area contributed by atoms with E-state index in [4.69, 9.17) is 4.74 Å². The lowest BCUT2D eigenvalue weighted by molar-refractivity contribution is 0.217. The molecule has 78 valence electrons. The van der Waals surface area contributed by atoms with Crippen LogP contribution in [-0.4, -0.2) is 19.2 Å². The van der Waals surface area contributed by atoms with Gasteiger partial charge in [-0.3, -0.25) is 0 Å². The monoisotopic (exact) mass is 257 g/mol. The zero-order chi connectivity index (χ0) is 10.4. The fraction of sp³-hybridized carbons (Fsp3) is 0.455. The van der Waals surface area contributed by atoms with Crippen LogP contribution in [-0.2, 0) is 0 Å². The molecule has 0 aliphatic rings. The van der Waals surface area contributed by atoms with E-state index in [9.17, 15) is 0 Å². The van der Waals surface area contributed by atoms with E-state index in [1.165, 1.54) is 0 Å². The molecule has 3 heteroatoms. The van der Waals surface area contributed by atoms with Gasteiger partial charge in [-0.2, -0.15) is 0 Å². The molecule has 1 unspecified atom stereocenters. The first-order chi connectivity index (χ1) is 6.74. The van der Waals surface area contributed by atoms with Crippen molar-refractivity contribution >= 4 is 15.9 Å². The van der Waals surface area contributed by atoms with E-state index in [0.717, 1.165) is 23.3 Å². The van der Waals surface area contributed by atoms with Gasteiger partial charge in [0.05, 0.1) is 4.47 Å². The van der Waals surface area contributed by atoms with E-state index in [1.807, 2.05) is 24.3 Å². The molecule has 1 atom stereocenters. The number of likely N-dealkylation sites (N-methyl/N-ethyl adjacent to an activating group) is 1. The predicted molar refractivity (Wildman–Crippen MR) is 62.8 cm³/mol. The molecule has 0 radical (unpaired) electrons. The molecule has 1 aromatic rings. The van der Waals surface area contributed by atoms with Gasteiger partial charge in [0, 0.05) is 6.54 Å². The summed E-state index contributed by atoms with van der Waals surface area (Å²) >= 11 is 3.45. The van der Waals surface area contributed by atoms with Crippen molar-refractivity contribution in [1.82, 2.24) is 5.32 Å². The zero-order valence-electron chi connectivity index (χ0n) is 8.59. The predicted octanol–water partition coefficient (Wildman–Crippen LogP) is 2.83. The number of ether oxygens (including phenoxy) is 1. The highest BCUT2D eigenvalue weighted by Crippen LogP contribution is 2.24. The van der Waals surface area contributed by atoms with Crippen LogP contribution in [0.25, 0.3) is 0 Å². The quantitative estimate of drug-likeness (QED) is 0.876. The molecule has 1 aromatic carbocycles. The van der Waals surface area contributed by atoms with Crippen molar-refractivity contribution < 1.29 is 4.74 Å². The van der Waals surface area contributed by atoms with Gasteiger partial charge in [0.15, 0.2) is 0 Å². The van der Waals surface area contributed by atoms with Crippen molar-refractivity contribution in [1.29, 1.82) is 0 Å². The molecular weight excluding hydrogens is 242 g/mol. The van der Waals surface area contributed by atoms with Crippen LogP contribution in [0.4, 0.5) is 0 Å². The maximum atomic E-state index is 5.74. The highest BCUT2D eigenvalue weighted by Gasteiger charge is 2.05. The van der Waals surface area contributed by atoms with E-state index in [-0.39, 0.29) is 6.10 Å². The minimum atomic E-state index is 0.189.